The molecule has 78 valence electrons. The first-order chi connectivity index (χ1) is 6.56. The van der Waals surface area contributed by atoms with Crippen LogP contribution in [0.2, 0.25) is 0 Å². The van der Waals surface area contributed by atoms with Gasteiger partial charge in [0.25, 0.3) is 0 Å². The Morgan fingerprint density at radius 1 is 1.71 bits per heavy atom. The van der Waals surface area contributed by atoms with E-state index >= 15 is 0 Å². The Labute approximate surface area is 82.2 Å². The Kier molecular flexibility index (Phi) is 3.24. The monoisotopic (exact) mass is 198 g/mol. The number of nitrogens with zero attached hydrogens (tertiary/aromatic N) is 1. The third-order valence-electron chi connectivity index (χ3n) is 2.12. The first-order valence-corrected chi connectivity index (χ1v) is 4.33. The van der Waals surface area contributed by atoms with Gasteiger partial charge in [0.2, 0.25) is 0 Å². The molecule has 0 fully saturated rings. The standard InChI is InChI=1S/C9H14N2O3/c1-5-4-7(11-14-5)6(2)8(10)9(12)13-3/h4,6,8H,10H2,1-3H3. The molecular formula is C9H14N2O3. The van der Waals surface area contributed by atoms with E-state index in [2.05, 4.69) is 9.89 Å². The highest BCUT2D eigenvalue weighted by atomic mass is 16.5. The smallest absolute Gasteiger partial charge is 0.323 e. The predicted molar refractivity (Wildman–Crippen MR) is 49.6 cm³/mol. The molecule has 0 saturated heterocycles. The van der Waals surface area contributed by atoms with E-state index in [0.29, 0.717) is 11.5 Å². The summed E-state index contributed by atoms with van der Waals surface area (Å²) in [6.07, 6.45) is 0. The van der Waals surface area contributed by atoms with Crippen LogP contribution in [0.4, 0.5) is 0 Å². The molecule has 5 nitrogen and oxygen atoms in total. The fraction of sp³-hybridized carbons (Fsp3) is 0.556. The largest absolute Gasteiger partial charge is 0.468 e. The van der Waals surface area contributed by atoms with E-state index < -0.39 is 12.0 Å². The Hall–Kier alpha value is -1.36. The lowest BCUT2D eigenvalue weighted by Gasteiger charge is -2.14. The topological polar surface area (TPSA) is 78.4 Å². The van der Waals surface area contributed by atoms with E-state index in [-0.39, 0.29) is 5.92 Å². The van der Waals surface area contributed by atoms with Gasteiger partial charge in [0.15, 0.2) is 0 Å². The summed E-state index contributed by atoms with van der Waals surface area (Å²) < 4.78 is 9.43. The van der Waals surface area contributed by atoms with Crippen LogP contribution < -0.4 is 5.73 Å². The maximum atomic E-state index is 11.1. The maximum absolute atomic E-state index is 11.1. The second kappa shape index (κ2) is 4.23. The SMILES string of the molecule is COC(=O)C(N)C(C)c1cc(C)on1. The van der Waals surface area contributed by atoms with Crippen LogP contribution in [0, 0.1) is 6.92 Å². The molecule has 2 N–H and O–H groups in total. The molecule has 1 aromatic rings. The van der Waals surface area contributed by atoms with Gasteiger partial charge in [-0.05, 0) is 6.92 Å². The summed E-state index contributed by atoms with van der Waals surface area (Å²) in [5.74, 6) is 0.0435. The molecule has 0 amide bonds. The second-order valence-corrected chi connectivity index (χ2v) is 3.20. The van der Waals surface area contributed by atoms with E-state index in [1.165, 1.54) is 7.11 Å². The molecule has 1 aromatic heterocycles. The number of ether oxygens (including phenoxy) is 1. The zero-order valence-electron chi connectivity index (χ0n) is 8.48. The predicted octanol–water partition coefficient (Wildman–Crippen LogP) is 0.587. The first kappa shape index (κ1) is 10.7. The molecule has 5 heteroatoms. The fourth-order valence-corrected chi connectivity index (χ4v) is 1.12. The third kappa shape index (κ3) is 2.11. The summed E-state index contributed by atoms with van der Waals surface area (Å²) in [5.41, 5.74) is 6.32. The van der Waals surface area contributed by atoms with Gasteiger partial charge in [-0.25, -0.2) is 0 Å². The summed E-state index contributed by atoms with van der Waals surface area (Å²) in [5, 5.41) is 3.79. The zero-order valence-corrected chi connectivity index (χ0v) is 8.48. The van der Waals surface area contributed by atoms with Crippen LogP contribution in [0.1, 0.15) is 24.3 Å². The highest BCUT2D eigenvalue weighted by Gasteiger charge is 2.25. The molecule has 2 unspecified atom stereocenters. The van der Waals surface area contributed by atoms with Gasteiger partial charge in [-0.2, -0.15) is 0 Å². The van der Waals surface area contributed by atoms with Crippen molar-refractivity contribution in [2.75, 3.05) is 7.11 Å². The van der Waals surface area contributed by atoms with Crippen molar-refractivity contribution in [1.82, 2.24) is 5.16 Å². The molecule has 0 spiro atoms. The number of hydrogen-bond donors (Lipinski definition) is 1. The molecule has 0 radical (unpaired) electrons. The summed E-state index contributed by atoms with van der Waals surface area (Å²) in [6.45, 7) is 3.59. The van der Waals surface area contributed by atoms with E-state index in [9.17, 15) is 4.79 Å². The van der Waals surface area contributed by atoms with Crippen LogP contribution in [-0.2, 0) is 9.53 Å². The minimum atomic E-state index is -0.704. The first-order valence-electron chi connectivity index (χ1n) is 4.33. The van der Waals surface area contributed by atoms with E-state index in [1.54, 1.807) is 19.9 Å². The minimum Gasteiger partial charge on any atom is -0.468 e. The molecule has 1 heterocycles. The van der Waals surface area contributed by atoms with Crippen molar-refractivity contribution in [3.8, 4) is 0 Å². The van der Waals surface area contributed by atoms with Gasteiger partial charge in [-0.3, -0.25) is 4.79 Å². The van der Waals surface area contributed by atoms with Crippen molar-refractivity contribution in [2.45, 2.75) is 25.8 Å². The van der Waals surface area contributed by atoms with Crippen molar-refractivity contribution in [3.63, 3.8) is 0 Å². The Morgan fingerprint density at radius 2 is 2.36 bits per heavy atom. The van der Waals surface area contributed by atoms with Gasteiger partial charge >= 0.3 is 5.97 Å². The van der Waals surface area contributed by atoms with Gasteiger partial charge < -0.3 is 15.0 Å². The molecule has 0 aliphatic carbocycles. The molecule has 1 rings (SSSR count). The lowest BCUT2D eigenvalue weighted by atomic mass is 9.99. The number of aromatic nitrogens is 1. The van der Waals surface area contributed by atoms with Crippen LogP contribution >= 0.6 is 0 Å². The second-order valence-electron chi connectivity index (χ2n) is 3.20. The molecule has 0 aliphatic rings. The van der Waals surface area contributed by atoms with Crippen molar-refractivity contribution in [3.05, 3.63) is 17.5 Å². The van der Waals surface area contributed by atoms with E-state index in [4.69, 9.17) is 10.3 Å². The molecule has 0 saturated carbocycles. The van der Waals surface area contributed by atoms with Gasteiger partial charge in [0, 0.05) is 12.0 Å². The normalized spacial score (nSPS) is 14.9. The number of rotatable bonds is 3. The number of methoxy groups -OCH3 is 1. The molecule has 0 bridgehead atoms. The van der Waals surface area contributed by atoms with Crippen molar-refractivity contribution in [2.24, 2.45) is 5.73 Å². The zero-order chi connectivity index (χ0) is 10.7. The molecular weight excluding hydrogens is 184 g/mol. The molecule has 0 aliphatic heterocycles. The number of carbonyl (C=O) groups is 1. The lowest BCUT2D eigenvalue weighted by molar-refractivity contribution is -0.142. The number of carbonyl (C=O) groups excluding carboxylic acids is 1. The molecule has 2 atom stereocenters. The summed E-state index contributed by atoms with van der Waals surface area (Å²) >= 11 is 0. The minimum absolute atomic E-state index is 0.208. The van der Waals surface area contributed by atoms with Gasteiger partial charge in [-0.1, -0.05) is 12.1 Å². The molecule has 14 heavy (non-hydrogen) atoms. The Bertz CT molecular complexity index is 322. The Morgan fingerprint density at radius 3 is 2.79 bits per heavy atom. The van der Waals surface area contributed by atoms with Crippen molar-refractivity contribution in [1.29, 1.82) is 0 Å². The van der Waals surface area contributed by atoms with Crippen molar-refractivity contribution < 1.29 is 14.1 Å². The summed E-state index contributed by atoms with van der Waals surface area (Å²) in [7, 11) is 1.31. The molecule has 0 aromatic carbocycles. The third-order valence-corrected chi connectivity index (χ3v) is 2.12. The fourth-order valence-electron chi connectivity index (χ4n) is 1.12. The highest BCUT2D eigenvalue weighted by Crippen LogP contribution is 2.18. The van der Waals surface area contributed by atoms with Crippen LogP contribution in [0.25, 0.3) is 0 Å². The van der Waals surface area contributed by atoms with E-state index in [1.807, 2.05) is 0 Å². The number of hydrogen-bond acceptors (Lipinski definition) is 5. The van der Waals surface area contributed by atoms with E-state index in [0.717, 1.165) is 0 Å². The quantitative estimate of drug-likeness (QED) is 0.719. The summed E-state index contributed by atoms with van der Waals surface area (Å²) in [6, 6.07) is 1.05. The van der Waals surface area contributed by atoms with Crippen LogP contribution in [-0.4, -0.2) is 24.3 Å². The number of nitrogens with two attached hydrogens (primary N) is 1. The van der Waals surface area contributed by atoms with Gasteiger partial charge in [0.05, 0.1) is 12.8 Å². The average Bonchev–Trinajstić information content (AvgIpc) is 2.61. The van der Waals surface area contributed by atoms with Crippen LogP contribution in [0.3, 0.4) is 0 Å². The van der Waals surface area contributed by atoms with Gasteiger partial charge in [0.1, 0.15) is 11.8 Å². The summed E-state index contributed by atoms with van der Waals surface area (Å²) in [4.78, 5) is 11.1. The Balaban J connectivity index is 2.74. The van der Waals surface area contributed by atoms with Crippen molar-refractivity contribution >= 4 is 5.97 Å². The lowest BCUT2D eigenvalue weighted by Crippen LogP contribution is -2.36. The maximum Gasteiger partial charge on any atom is 0.323 e. The van der Waals surface area contributed by atoms with Crippen LogP contribution in [0.5, 0.6) is 0 Å². The number of aryl methyl sites for hydroxylation is 1. The van der Waals surface area contributed by atoms with Crippen LogP contribution in [0.15, 0.2) is 10.6 Å². The van der Waals surface area contributed by atoms with Gasteiger partial charge in [-0.15, -0.1) is 0 Å². The number of esters is 1. The average molecular weight is 198 g/mol. The highest BCUT2D eigenvalue weighted by molar-refractivity contribution is 5.76.